The number of methoxy groups -OCH3 is 1. The molecule has 1 heterocycles. The van der Waals surface area contributed by atoms with Gasteiger partial charge in [-0.1, -0.05) is 0 Å². The number of hydrogen-bond acceptors (Lipinski definition) is 4. The number of nitrogens with one attached hydrogen (secondary N) is 2. The lowest BCUT2D eigenvalue weighted by Gasteiger charge is -2.09. The van der Waals surface area contributed by atoms with E-state index in [1.165, 1.54) is 0 Å². The van der Waals surface area contributed by atoms with Crippen molar-refractivity contribution in [3.63, 3.8) is 0 Å². The van der Waals surface area contributed by atoms with Crippen LogP contribution in [-0.4, -0.2) is 24.5 Å². The molecule has 0 bridgehead atoms. The third kappa shape index (κ3) is 3.95. The molecule has 0 aliphatic heterocycles. The number of ether oxygens (including phenoxy) is 1. The van der Waals surface area contributed by atoms with Crippen molar-refractivity contribution in [1.29, 1.82) is 0 Å². The minimum atomic E-state index is -0.271. The van der Waals surface area contributed by atoms with Gasteiger partial charge in [-0.15, -0.1) is 0 Å². The molecule has 0 radical (unpaired) electrons. The minimum absolute atomic E-state index is 0.271. The van der Waals surface area contributed by atoms with Crippen molar-refractivity contribution in [3.8, 4) is 5.75 Å². The number of aromatic nitrogens is 1. The van der Waals surface area contributed by atoms with Gasteiger partial charge in [-0.3, -0.25) is 4.79 Å². The molecule has 0 aliphatic carbocycles. The number of benzene rings is 1. The molecule has 0 atom stereocenters. The molecule has 2 N–H and O–H groups in total. The lowest BCUT2D eigenvalue weighted by molar-refractivity contribution is 0.102. The number of carbonyl (C=O) groups excluding carboxylic acids is 1. The summed E-state index contributed by atoms with van der Waals surface area (Å²) < 4.78 is 5.92. The SMILES string of the molecule is CCNc1ccc(C(=O)Nc2cc(OC)ccc2Br)nc1. The van der Waals surface area contributed by atoms with Gasteiger partial charge < -0.3 is 15.4 Å². The number of hydrogen-bond donors (Lipinski definition) is 2. The smallest absolute Gasteiger partial charge is 0.274 e. The Bertz CT molecular complexity index is 629. The zero-order valence-electron chi connectivity index (χ0n) is 11.8. The molecule has 2 rings (SSSR count). The number of halogens is 1. The normalized spacial score (nSPS) is 10.0. The highest BCUT2D eigenvalue weighted by Gasteiger charge is 2.10. The number of carbonyl (C=O) groups is 1. The maximum absolute atomic E-state index is 12.2. The first-order chi connectivity index (χ1) is 10.1. The van der Waals surface area contributed by atoms with Gasteiger partial charge in [-0.25, -0.2) is 4.98 Å². The Morgan fingerprint density at radius 3 is 2.76 bits per heavy atom. The second-order valence-corrected chi connectivity index (χ2v) is 5.12. The molecule has 0 unspecified atom stereocenters. The number of pyridine rings is 1. The molecule has 0 aliphatic rings. The highest BCUT2D eigenvalue weighted by Crippen LogP contribution is 2.27. The second-order valence-electron chi connectivity index (χ2n) is 4.26. The van der Waals surface area contributed by atoms with Crippen LogP contribution in [0.15, 0.2) is 41.0 Å². The molecule has 110 valence electrons. The van der Waals surface area contributed by atoms with Crippen LogP contribution in [0.5, 0.6) is 5.75 Å². The van der Waals surface area contributed by atoms with Crippen molar-refractivity contribution in [2.45, 2.75) is 6.92 Å². The fraction of sp³-hybridized carbons (Fsp3) is 0.200. The maximum atomic E-state index is 12.2. The lowest BCUT2D eigenvalue weighted by Crippen LogP contribution is -2.14. The molecular weight excluding hydrogens is 334 g/mol. The van der Waals surface area contributed by atoms with Crippen molar-refractivity contribution in [2.24, 2.45) is 0 Å². The van der Waals surface area contributed by atoms with E-state index in [9.17, 15) is 4.79 Å². The van der Waals surface area contributed by atoms with Gasteiger partial charge >= 0.3 is 0 Å². The van der Waals surface area contributed by atoms with E-state index in [0.717, 1.165) is 16.7 Å². The Balaban J connectivity index is 2.14. The summed E-state index contributed by atoms with van der Waals surface area (Å²) >= 11 is 3.39. The highest BCUT2D eigenvalue weighted by molar-refractivity contribution is 9.10. The molecule has 1 amide bonds. The predicted molar refractivity (Wildman–Crippen MR) is 87.0 cm³/mol. The first-order valence-electron chi connectivity index (χ1n) is 6.49. The quantitative estimate of drug-likeness (QED) is 0.866. The molecule has 1 aromatic carbocycles. The standard InChI is InChI=1S/C15H16BrN3O2/c1-3-17-10-4-7-13(18-9-10)15(20)19-14-8-11(21-2)5-6-12(14)16/h4-9,17H,3H2,1-2H3,(H,19,20). The van der Waals surface area contributed by atoms with Crippen LogP contribution >= 0.6 is 15.9 Å². The van der Waals surface area contributed by atoms with Gasteiger partial charge in [0, 0.05) is 17.1 Å². The summed E-state index contributed by atoms with van der Waals surface area (Å²) in [5, 5.41) is 5.93. The Morgan fingerprint density at radius 1 is 1.33 bits per heavy atom. The van der Waals surface area contributed by atoms with Gasteiger partial charge in [0.05, 0.1) is 24.7 Å². The van der Waals surface area contributed by atoms with Crippen LogP contribution in [-0.2, 0) is 0 Å². The van der Waals surface area contributed by atoms with E-state index >= 15 is 0 Å². The van der Waals surface area contributed by atoms with E-state index < -0.39 is 0 Å². The van der Waals surface area contributed by atoms with Crippen LogP contribution in [0.3, 0.4) is 0 Å². The van der Waals surface area contributed by atoms with Crippen LogP contribution in [0.1, 0.15) is 17.4 Å². The van der Waals surface area contributed by atoms with Gasteiger partial charge in [0.25, 0.3) is 5.91 Å². The summed E-state index contributed by atoms with van der Waals surface area (Å²) in [5.74, 6) is 0.399. The largest absolute Gasteiger partial charge is 0.497 e. The fourth-order valence-corrected chi connectivity index (χ4v) is 2.10. The Morgan fingerprint density at radius 2 is 2.14 bits per heavy atom. The number of nitrogens with zero attached hydrogens (tertiary/aromatic N) is 1. The summed E-state index contributed by atoms with van der Waals surface area (Å²) in [5.41, 5.74) is 1.87. The molecule has 0 fully saturated rings. The fourth-order valence-electron chi connectivity index (χ4n) is 1.75. The van der Waals surface area contributed by atoms with Crippen molar-refractivity contribution < 1.29 is 9.53 Å². The van der Waals surface area contributed by atoms with Gasteiger partial charge in [0.15, 0.2) is 0 Å². The van der Waals surface area contributed by atoms with Gasteiger partial charge in [0.2, 0.25) is 0 Å². The van der Waals surface area contributed by atoms with Gasteiger partial charge in [-0.2, -0.15) is 0 Å². The predicted octanol–water partition coefficient (Wildman–Crippen LogP) is 3.54. The second kappa shape index (κ2) is 7.08. The molecule has 5 nitrogen and oxygen atoms in total. The Kier molecular flexibility index (Phi) is 5.16. The van der Waals surface area contributed by atoms with Crippen LogP contribution in [0.2, 0.25) is 0 Å². The van der Waals surface area contributed by atoms with E-state index in [1.54, 1.807) is 25.4 Å². The molecule has 1 aromatic heterocycles. The summed E-state index contributed by atoms with van der Waals surface area (Å²) in [6.45, 7) is 2.81. The Labute approximate surface area is 131 Å². The van der Waals surface area contributed by atoms with E-state index in [0.29, 0.717) is 17.1 Å². The minimum Gasteiger partial charge on any atom is -0.497 e. The third-order valence-corrected chi connectivity index (χ3v) is 3.49. The summed E-state index contributed by atoms with van der Waals surface area (Å²) in [4.78, 5) is 16.3. The Hall–Kier alpha value is -2.08. The van der Waals surface area contributed by atoms with Crippen molar-refractivity contribution >= 4 is 33.2 Å². The molecule has 2 aromatic rings. The lowest BCUT2D eigenvalue weighted by atomic mass is 10.2. The van der Waals surface area contributed by atoms with Crippen molar-refractivity contribution in [3.05, 3.63) is 46.7 Å². The summed E-state index contributed by atoms with van der Waals surface area (Å²) in [6.07, 6.45) is 1.64. The van der Waals surface area contributed by atoms with E-state index in [4.69, 9.17) is 4.74 Å². The van der Waals surface area contributed by atoms with Gasteiger partial charge in [-0.05, 0) is 47.1 Å². The topological polar surface area (TPSA) is 63.2 Å². The van der Waals surface area contributed by atoms with E-state index in [2.05, 4.69) is 31.5 Å². The molecule has 0 spiro atoms. The number of anilines is 2. The maximum Gasteiger partial charge on any atom is 0.274 e. The zero-order valence-corrected chi connectivity index (χ0v) is 13.4. The molecule has 0 saturated carbocycles. The average Bonchev–Trinajstić information content (AvgIpc) is 2.50. The van der Waals surface area contributed by atoms with Crippen LogP contribution in [0.25, 0.3) is 0 Å². The third-order valence-electron chi connectivity index (χ3n) is 2.80. The number of rotatable bonds is 5. The van der Waals surface area contributed by atoms with Crippen LogP contribution < -0.4 is 15.4 Å². The highest BCUT2D eigenvalue weighted by atomic mass is 79.9. The zero-order chi connectivity index (χ0) is 15.2. The van der Waals surface area contributed by atoms with Crippen LogP contribution in [0, 0.1) is 0 Å². The van der Waals surface area contributed by atoms with E-state index in [-0.39, 0.29) is 5.91 Å². The first kappa shape index (κ1) is 15.3. The average molecular weight is 350 g/mol. The number of amides is 1. The molecule has 21 heavy (non-hydrogen) atoms. The first-order valence-corrected chi connectivity index (χ1v) is 7.28. The molecular formula is C15H16BrN3O2. The van der Waals surface area contributed by atoms with Crippen molar-refractivity contribution in [2.75, 3.05) is 24.3 Å². The molecule has 6 heteroatoms. The summed E-state index contributed by atoms with van der Waals surface area (Å²) in [7, 11) is 1.58. The monoisotopic (exact) mass is 349 g/mol. The molecule has 0 saturated heterocycles. The van der Waals surface area contributed by atoms with E-state index in [1.807, 2.05) is 25.1 Å². The van der Waals surface area contributed by atoms with Crippen LogP contribution in [0.4, 0.5) is 11.4 Å². The van der Waals surface area contributed by atoms with Crippen molar-refractivity contribution in [1.82, 2.24) is 4.98 Å². The van der Waals surface area contributed by atoms with Gasteiger partial charge in [0.1, 0.15) is 11.4 Å². The summed E-state index contributed by atoms with van der Waals surface area (Å²) in [6, 6.07) is 8.88.